The maximum absolute atomic E-state index is 11.6. The Morgan fingerprint density at radius 3 is 2.91 bits per heavy atom. The van der Waals surface area contributed by atoms with Gasteiger partial charge < -0.3 is 14.8 Å². The van der Waals surface area contributed by atoms with Crippen molar-refractivity contribution in [2.24, 2.45) is 0 Å². The Morgan fingerprint density at radius 2 is 2.14 bits per heavy atom. The molecular formula is C16H16N2O3S. The Bertz CT molecular complexity index is 719. The third-order valence-electron chi connectivity index (χ3n) is 3.23. The first kappa shape index (κ1) is 14.6. The molecule has 2 heterocycles. The first-order valence-electron chi connectivity index (χ1n) is 6.97. The van der Waals surface area contributed by atoms with E-state index in [1.54, 1.807) is 0 Å². The molecule has 0 aliphatic rings. The van der Waals surface area contributed by atoms with Crippen molar-refractivity contribution in [1.82, 2.24) is 5.32 Å². The molecule has 1 aromatic carbocycles. The van der Waals surface area contributed by atoms with Gasteiger partial charge in [-0.15, -0.1) is 11.3 Å². The molecule has 3 rings (SSSR count). The van der Waals surface area contributed by atoms with Gasteiger partial charge in [-0.3, -0.25) is 5.32 Å². The van der Waals surface area contributed by atoms with Crippen molar-refractivity contribution < 1.29 is 14.3 Å². The fourth-order valence-corrected chi connectivity index (χ4v) is 2.75. The molecule has 3 aromatic rings. The lowest BCUT2D eigenvalue weighted by atomic mass is 10.2. The van der Waals surface area contributed by atoms with Gasteiger partial charge in [0, 0.05) is 11.9 Å². The first-order valence-corrected chi connectivity index (χ1v) is 7.85. The van der Waals surface area contributed by atoms with Crippen LogP contribution >= 0.6 is 11.3 Å². The van der Waals surface area contributed by atoms with Gasteiger partial charge in [0.1, 0.15) is 17.4 Å². The molecule has 2 amide bonds. The van der Waals surface area contributed by atoms with Crippen LogP contribution in [0.5, 0.6) is 0 Å². The molecule has 3 N–H and O–H groups in total. The van der Waals surface area contributed by atoms with Crippen molar-refractivity contribution in [3.8, 4) is 0 Å². The molecule has 0 aliphatic carbocycles. The quantitative estimate of drug-likeness (QED) is 0.671. The van der Waals surface area contributed by atoms with Crippen LogP contribution in [0.15, 0.2) is 52.3 Å². The van der Waals surface area contributed by atoms with Gasteiger partial charge in [0.25, 0.3) is 0 Å². The summed E-state index contributed by atoms with van der Waals surface area (Å²) in [5.74, 6) is 0.515. The third kappa shape index (κ3) is 3.47. The number of thiophene rings is 1. The normalized spacial score (nSPS) is 12.2. The number of anilines is 1. The van der Waals surface area contributed by atoms with Crippen molar-refractivity contribution in [2.45, 2.75) is 12.5 Å². The summed E-state index contributed by atoms with van der Waals surface area (Å²) in [4.78, 5) is 11.6. The molecule has 1 atom stereocenters. The SMILES string of the molecule is O=C(NCCC(O)c1cc2ccccc2o1)Nc1cccs1. The highest BCUT2D eigenvalue weighted by atomic mass is 32.1. The lowest BCUT2D eigenvalue weighted by molar-refractivity contribution is 0.143. The van der Waals surface area contributed by atoms with E-state index in [9.17, 15) is 9.90 Å². The number of hydrogen-bond donors (Lipinski definition) is 3. The van der Waals surface area contributed by atoms with Crippen LogP contribution in [-0.2, 0) is 0 Å². The minimum Gasteiger partial charge on any atom is -0.458 e. The number of hydrogen-bond acceptors (Lipinski definition) is 4. The van der Waals surface area contributed by atoms with Gasteiger partial charge in [-0.25, -0.2) is 4.79 Å². The summed E-state index contributed by atoms with van der Waals surface area (Å²) in [6.45, 7) is 0.357. The van der Waals surface area contributed by atoms with E-state index < -0.39 is 6.10 Å². The van der Waals surface area contributed by atoms with Gasteiger partial charge in [0.2, 0.25) is 0 Å². The minimum absolute atomic E-state index is 0.278. The second kappa shape index (κ2) is 6.64. The molecule has 114 valence electrons. The van der Waals surface area contributed by atoms with Crippen molar-refractivity contribution in [1.29, 1.82) is 0 Å². The number of furan rings is 1. The van der Waals surface area contributed by atoms with E-state index in [0.717, 1.165) is 16.0 Å². The van der Waals surface area contributed by atoms with Gasteiger partial charge in [-0.2, -0.15) is 0 Å². The molecule has 5 nitrogen and oxygen atoms in total. The number of urea groups is 1. The molecular weight excluding hydrogens is 300 g/mol. The number of aliphatic hydroxyl groups excluding tert-OH is 1. The Hall–Kier alpha value is -2.31. The van der Waals surface area contributed by atoms with E-state index in [0.29, 0.717) is 18.7 Å². The highest BCUT2D eigenvalue weighted by Gasteiger charge is 2.13. The summed E-state index contributed by atoms with van der Waals surface area (Å²) in [6.07, 6.45) is -0.355. The van der Waals surface area contributed by atoms with Crippen molar-refractivity contribution in [2.75, 3.05) is 11.9 Å². The Kier molecular flexibility index (Phi) is 4.41. The molecule has 0 spiro atoms. The summed E-state index contributed by atoms with van der Waals surface area (Å²) in [7, 11) is 0. The van der Waals surface area contributed by atoms with Crippen LogP contribution in [0.4, 0.5) is 9.80 Å². The zero-order valence-electron chi connectivity index (χ0n) is 11.8. The number of rotatable bonds is 5. The summed E-state index contributed by atoms with van der Waals surface area (Å²) < 4.78 is 5.60. The van der Waals surface area contributed by atoms with Crippen LogP contribution < -0.4 is 10.6 Å². The lowest BCUT2D eigenvalue weighted by Gasteiger charge is -2.09. The van der Waals surface area contributed by atoms with Crippen LogP contribution in [0.1, 0.15) is 18.3 Å². The number of carbonyl (C=O) groups is 1. The van der Waals surface area contributed by atoms with E-state index in [2.05, 4.69) is 10.6 Å². The number of para-hydroxylation sites is 1. The lowest BCUT2D eigenvalue weighted by Crippen LogP contribution is -2.29. The van der Waals surface area contributed by atoms with E-state index in [4.69, 9.17) is 4.42 Å². The van der Waals surface area contributed by atoms with Gasteiger partial charge in [0.05, 0.1) is 5.00 Å². The predicted molar refractivity (Wildman–Crippen MR) is 87.1 cm³/mol. The number of amides is 2. The van der Waals surface area contributed by atoms with Crippen LogP contribution in [-0.4, -0.2) is 17.7 Å². The average Bonchev–Trinajstić information content (AvgIpc) is 3.15. The molecule has 1 unspecified atom stereocenters. The Balaban J connectivity index is 1.49. The van der Waals surface area contributed by atoms with E-state index >= 15 is 0 Å². The number of aliphatic hydroxyl groups is 1. The number of carbonyl (C=O) groups excluding carboxylic acids is 1. The van der Waals surface area contributed by atoms with Crippen LogP contribution in [0.25, 0.3) is 11.0 Å². The highest BCUT2D eigenvalue weighted by Crippen LogP contribution is 2.25. The van der Waals surface area contributed by atoms with Gasteiger partial charge in [-0.05, 0) is 36.1 Å². The molecule has 0 fully saturated rings. The summed E-state index contributed by atoms with van der Waals surface area (Å²) in [6, 6.07) is 12.8. The van der Waals surface area contributed by atoms with Crippen LogP contribution in [0, 0.1) is 0 Å². The maximum Gasteiger partial charge on any atom is 0.319 e. The Labute approximate surface area is 131 Å². The number of benzene rings is 1. The summed E-state index contributed by atoms with van der Waals surface area (Å²) in [5.41, 5.74) is 0.750. The molecule has 0 bridgehead atoms. The molecule has 6 heteroatoms. The Morgan fingerprint density at radius 1 is 1.27 bits per heavy atom. The fraction of sp³-hybridized carbons (Fsp3) is 0.188. The molecule has 2 aromatic heterocycles. The first-order chi connectivity index (χ1) is 10.7. The number of fused-ring (bicyclic) bond motifs is 1. The van der Waals surface area contributed by atoms with Gasteiger partial charge in [0.15, 0.2) is 0 Å². The predicted octanol–water partition coefficient (Wildman–Crippen LogP) is 3.74. The highest BCUT2D eigenvalue weighted by molar-refractivity contribution is 7.14. The van der Waals surface area contributed by atoms with Gasteiger partial charge in [-0.1, -0.05) is 18.2 Å². The topological polar surface area (TPSA) is 74.5 Å². The van der Waals surface area contributed by atoms with Gasteiger partial charge >= 0.3 is 6.03 Å². The molecule has 0 saturated heterocycles. The second-order valence-corrected chi connectivity index (χ2v) is 5.80. The third-order valence-corrected chi connectivity index (χ3v) is 4.02. The average molecular weight is 316 g/mol. The van der Waals surface area contributed by atoms with Crippen molar-refractivity contribution in [3.05, 3.63) is 53.6 Å². The van der Waals surface area contributed by atoms with E-state index in [-0.39, 0.29) is 6.03 Å². The number of nitrogens with one attached hydrogen (secondary N) is 2. The smallest absolute Gasteiger partial charge is 0.319 e. The monoisotopic (exact) mass is 316 g/mol. The fourth-order valence-electron chi connectivity index (χ4n) is 2.14. The maximum atomic E-state index is 11.6. The van der Waals surface area contributed by atoms with Crippen LogP contribution in [0.3, 0.4) is 0 Å². The van der Waals surface area contributed by atoms with Crippen molar-refractivity contribution in [3.63, 3.8) is 0 Å². The molecule has 0 radical (unpaired) electrons. The molecule has 0 saturated carbocycles. The molecule has 0 aliphatic heterocycles. The van der Waals surface area contributed by atoms with Crippen molar-refractivity contribution >= 4 is 33.3 Å². The summed E-state index contributed by atoms with van der Waals surface area (Å²) in [5, 5.41) is 19.2. The minimum atomic E-state index is -0.741. The van der Waals surface area contributed by atoms with Crippen LogP contribution in [0.2, 0.25) is 0 Å². The zero-order chi connectivity index (χ0) is 15.4. The molecule has 22 heavy (non-hydrogen) atoms. The summed E-state index contributed by atoms with van der Waals surface area (Å²) >= 11 is 1.45. The van der Waals surface area contributed by atoms with E-state index in [1.165, 1.54) is 11.3 Å². The standard InChI is InChI=1S/C16H16N2O3S/c19-12(14-10-11-4-1-2-5-13(11)21-14)7-8-17-16(20)18-15-6-3-9-22-15/h1-6,9-10,12,19H,7-8H2,(H2,17,18,20). The second-order valence-electron chi connectivity index (χ2n) is 4.85. The van der Waals surface area contributed by atoms with E-state index in [1.807, 2.05) is 47.8 Å². The largest absolute Gasteiger partial charge is 0.458 e. The zero-order valence-corrected chi connectivity index (χ0v) is 12.6.